The number of hydrogen-bond acceptors (Lipinski definition) is 3. The fourth-order valence-electron chi connectivity index (χ4n) is 1.29. The fourth-order valence-corrected chi connectivity index (χ4v) is 2.67. The molecule has 0 radical (unpaired) electrons. The van der Waals surface area contributed by atoms with Crippen LogP contribution in [0.1, 0.15) is 36.8 Å². The minimum absolute atomic E-state index is 0.355. The molecule has 2 heterocycles. The summed E-state index contributed by atoms with van der Waals surface area (Å²) in [7, 11) is 0. The number of thioether (sulfide) groups is 1. The lowest BCUT2D eigenvalue weighted by molar-refractivity contribution is 0.762. The van der Waals surface area contributed by atoms with Crippen molar-refractivity contribution in [3.05, 3.63) is 22.2 Å². The van der Waals surface area contributed by atoms with Crippen LogP contribution in [-0.4, -0.2) is 9.97 Å². The van der Waals surface area contributed by atoms with Gasteiger partial charge in [0.1, 0.15) is 11.0 Å². The first-order chi connectivity index (χ1) is 6.18. The average molecular weight is 215 g/mol. The molecule has 1 aromatic heterocycles. The molecule has 0 amide bonds. The summed E-state index contributed by atoms with van der Waals surface area (Å²) in [6.07, 6.45) is 0. The second-order valence-electron chi connectivity index (χ2n) is 3.45. The second-order valence-corrected chi connectivity index (χ2v) is 4.79. The molecule has 0 atom stereocenters. The van der Waals surface area contributed by atoms with Crippen molar-refractivity contribution in [2.24, 2.45) is 0 Å². The largest absolute Gasteiger partial charge is 0.236 e. The Morgan fingerprint density at radius 3 is 2.77 bits per heavy atom. The van der Waals surface area contributed by atoms with Gasteiger partial charge in [0.2, 0.25) is 0 Å². The second kappa shape index (κ2) is 3.46. The Kier molecular flexibility index (Phi) is 2.47. The van der Waals surface area contributed by atoms with Gasteiger partial charge in [-0.2, -0.15) is 11.8 Å². The lowest BCUT2D eigenvalue weighted by Gasteiger charge is -2.06. The van der Waals surface area contributed by atoms with E-state index in [9.17, 15) is 0 Å². The minimum atomic E-state index is 0.355. The first kappa shape index (κ1) is 9.28. The van der Waals surface area contributed by atoms with Gasteiger partial charge in [0.15, 0.2) is 0 Å². The number of rotatable bonds is 1. The van der Waals surface area contributed by atoms with E-state index in [-0.39, 0.29) is 0 Å². The molecule has 1 aliphatic heterocycles. The molecule has 0 fully saturated rings. The average Bonchev–Trinajstić information content (AvgIpc) is 2.51. The summed E-state index contributed by atoms with van der Waals surface area (Å²) in [6, 6.07) is 0. The fraction of sp³-hybridized carbons (Fsp3) is 0.556. The predicted octanol–water partition coefficient (Wildman–Crippen LogP) is 3.00. The molecular weight excluding hydrogens is 204 g/mol. The van der Waals surface area contributed by atoms with E-state index in [1.807, 2.05) is 11.8 Å². The van der Waals surface area contributed by atoms with E-state index in [2.05, 4.69) is 23.8 Å². The molecule has 4 heteroatoms. The summed E-state index contributed by atoms with van der Waals surface area (Å²) in [6.45, 7) is 4.17. The quantitative estimate of drug-likeness (QED) is 0.673. The Morgan fingerprint density at radius 1 is 1.31 bits per heavy atom. The van der Waals surface area contributed by atoms with Gasteiger partial charge in [0, 0.05) is 23.0 Å². The van der Waals surface area contributed by atoms with E-state index in [0.29, 0.717) is 11.1 Å². The van der Waals surface area contributed by atoms with E-state index in [0.717, 1.165) is 28.6 Å². The monoisotopic (exact) mass is 214 g/mol. The molecule has 0 saturated carbocycles. The van der Waals surface area contributed by atoms with Crippen molar-refractivity contribution >= 4 is 23.4 Å². The number of fused-ring (bicyclic) bond motifs is 1. The Bertz CT molecular complexity index is 339. The standard InChI is InChI=1S/C9H11ClN2S/c1-5(2)9-11-7-4-13-3-6(7)8(10)12-9/h5H,3-4H2,1-2H3. The molecule has 0 aromatic carbocycles. The smallest absolute Gasteiger partial charge is 0.137 e. The molecule has 1 aromatic rings. The molecule has 2 nitrogen and oxygen atoms in total. The highest BCUT2D eigenvalue weighted by Crippen LogP contribution is 2.33. The number of nitrogens with zero attached hydrogens (tertiary/aromatic N) is 2. The van der Waals surface area contributed by atoms with E-state index in [1.54, 1.807) is 0 Å². The van der Waals surface area contributed by atoms with Gasteiger partial charge in [0.25, 0.3) is 0 Å². The number of halogens is 1. The van der Waals surface area contributed by atoms with Gasteiger partial charge < -0.3 is 0 Å². The van der Waals surface area contributed by atoms with E-state index in [1.165, 1.54) is 0 Å². The molecule has 0 spiro atoms. The Labute approximate surface area is 87.1 Å². The highest BCUT2D eigenvalue weighted by atomic mass is 35.5. The molecule has 70 valence electrons. The maximum Gasteiger partial charge on any atom is 0.137 e. The molecule has 13 heavy (non-hydrogen) atoms. The van der Waals surface area contributed by atoms with Crippen LogP contribution in [0.5, 0.6) is 0 Å². The van der Waals surface area contributed by atoms with Gasteiger partial charge in [-0.3, -0.25) is 0 Å². The molecule has 0 unspecified atom stereocenters. The van der Waals surface area contributed by atoms with Crippen molar-refractivity contribution in [2.75, 3.05) is 0 Å². The van der Waals surface area contributed by atoms with Gasteiger partial charge in [-0.05, 0) is 0 Å². The summed E-state index contributed by atoms with van der Waals surface area (Å²) in [5.74, 6) is 3.17. The van der Waals surface area contributed by atoms with E-state index >= 15 is 0 Å². The van der Waals surface area contributed by atoms with Crippen LogP contribution in [0.4, 0.5) is 0 Å². The topological polar surface area (TPSA) is 25.8 Å². The lowest BCUT2D eigenvalue weighted by Crippen LogP contribution is -2.02. The van der Waals surface area contributed by atoms with Gasteiger partial charge in [-0.15, -0.1) is 0 Å². The van der Waals surface area contributed by atoms with E-state index in [4.69, 9.17) is 11.6 Å². The predicted molar refractivity (Wildman–Crippen MR) is 56.1 cm³/mol. The zero-order valence-corrected chi connectivity index (χ0v) is 9.24. The number of hydrogen-bond donors (Lipinski definition) is 0. The van der Waals surface area contributed by atoms with Crippen LogP contribution in [0.15, 0.2) is 0 Å². The third-order valence-corrected chi connectivity index (χ3v) is 3.34. The van der Waals surface area contributed by atoms with Crippen molar-refractivity contribution in [1.29, 1.82) is 0 Å². The molecule has 0 aliphatic carbocycles. The molecule has 1 aliphatic rings. The first-order valence-electron chi connectivity index (χ1n) is 4.31. The molecule has 2 rings (SSSR count). The summed E-state index contributed by atoms with van der Waals surface area (Å²) in [5.41, 5.74) is 2.27. The van der Waals surface area contributed by atoms with Crippen LogP contribution >= 0.6 is 23.4 Å². The Hall–Kier alpha value is -0.280. The highest BCUT2D eigenvalue weighted by Gasteiger charge is 2.19. The van der Waals surface area contributed by atoms with Crippen LogP contribution in [0.2, 0.25) is 5.15 Å². The minimum Gasteiger partial charge on any atom is -0.236 e. The van der Waals surface area contributed by atoms with Gasteiger partial charge in [-0.25, -0.2) is 9.97 Å². The number of aromatic nitrogens is 2. The summed E-state index contributed by atoms with van der Waals surface area (Å²) >= 11 is 7.90. The molecule has 0 N–H and O–H groups in total. The van der Waals surface area contributed by atoms with Crippen molar-refractivity contribution in [3.63, 3.8) is 0 Å². The van der Waals surface area contributed by atoms with Crippen molar-refractivity contribution in [2.45, 2.75) is 31.3 Å². The van der Waals surface area contributed by atoms with Gasteiger partial charge in [-0.1, -0.05) is 25.4 Å². The normalized spacial score (nSPS) is 15.1. The maximum absolute atomic E-state index is 6.05. The van der Waals surface area contributed by atoms with Crippen molar-refractivity contribution in [3.8, 4) is 0 Å². The maximum atomic E-state index is 6.05. The zero-order chi connectivity index (χ0) is 9.42. The van der Waals surface area contributed by atoms with Crippen LogP contribution in [0.25, 0.3) is 0 Å². The van der Waals surface area contributed by atoms with Crippen molar-refractivity contribution < 1.29 is 0 Å². The highest BCUT2D eigenvalue weighted by molar-refractivity contribution is 7.98. The van der Waals surface area contributed by atoms with Gasteiger partial charge in [0.05, 0.1) is 5.69 Å². The summed E-state index contributed by atoms with van der Waals surface area (Å²) < 4.78 is 0. The first-order valence-corrected chi connectivity index (χ1v) is 5.84. The molecule has 0 saturated heterocycles. The Balaban J connectivity index is 2.49. The molecule has 0 bridgehead atoms. The van der Waals surface area contributed by atoms with Gasteiger partial charge >= 0.3 is 0 Å². The van der Waals surface area contributed by atoms with Crippen LogP contribution in [-0.2, 0) is 11.5 Å². The summed E-state index contributed by atoms with van der Waals surface area (Å²) in [4.78, 5) is 8.78. The SMILES string of the molecule is CC(C)c1nc(Cl)c2c(n1)CSC2. The summed E-state index contributed by atoms with van der Waals surface area (Å²) in [5, 5.41) is 0.652. The van der Waals surface area contributed by atoms with Crippen molar-refractivity contribution in [1.82, 2.24) is 9.97 Å². The third kappa shape index (κ3) is 1.67. The van der Waals surface area contributed by atoms with E-state index < -0.39 is 0 Å². The third-order valence-electron chi connectivity index (χ3n) is 2.06. The van der Waals surface area contributed by atoms with Crippen LogP contribution < -0.4 is 0 Å². The van der Waals surface area contributed by atoms with Crippen LogP contribution in [0.3, 0.4) is 0 Å². The Morgan fingerprint density at radius 2 is 2.08 bits per heavy atom. The molecular formula is C9H11ClN2S. The lowest BCUT2D eigenvalue weighted by atomic mass is 10.2. The van der Waals surface area contributed by atoms with Crippen LogP contribution in [0, 0.1) is 0 Å². The zero-order valence-electron chi connectivity index (χ0n) is 7.67.